The molecule has 0 amide bonds. The molecular formula is C26H26N4O2S2. The lowest BCUT2D eigenvalue weighted by Gasteiger charge is -2.11. The number of carbonyl (C=O) groups is 1. The third-order valence-electron chi connectivity index (χ3n) is 5.43. The Kier molecular flexibility index (Phi) is 7.40. The summed E-state index contributed by atoms with van der Waals surface area (Å²) in [5, 5.41) is 12.2. The van der Waals surface area contributed by atoms with E-state index in [1.807, 2.05) is 61.0 Å². The Hall–Kier alpha value is -3.49. The third-order valence-corrected chi connectivity index (χ3v) is 6.69. The number of nitrogens with zero attached hydrogens (tertiary/aromatic N) is 2. The molecule has 4 rings (SSSR count). The zero-order valence-electron chi connectivity index (χ0n) is 19.3. The minimum absolute atomic E-state index is 0.392. The monoisotopic (exact) mass is 490 g/mol. The third kappa shape index (κ3) is 5.52. The van der Waals surface area contributed by atoms with Crippen LogP contribution >= 0.6 is 23.6 Å². The van der Waals surface area contributed by atoms with Crippen LogP contribution in [0.1, 0.15) is 37.7 Å². The number of esters is 1. The Balaban J connectivity index is 1.51. The maximum absolute atomic E-state index is 12.4. The Morgan fingerprint density at radius 2 is 1.68 bits per heavy atom. The van der Waals surface area contributed by atoms with E-state index in [4.69, 9.17) is 17.0 Å². The molecule has 0 aliphatic carbocycles. The van der Waals surface area contributed by atoms with Gasteiger partial charge in [-0.05, 0) is 43.3 Å². The first-order valence-electron chi connectivity index (χ1n) is 10.9. The number of anilines is 2. The molecule has 2 N–H and O–H groups in total. The minimum Gasteiger partial charge on any atom is -0.465 e. The van der Waals surface area contributed by atoms with E-state index < -0.39 is 5.97 Å². The average Bonchev–Trinajstić information content (AvgIpc) is 3.35. The average molecular weight is 491 g/mol. The van der Waals surface area contributed by atoms with Crippen molar-refractivity contribution >= 4 is 45.3 Å². The summed E-state index contributed by atoms with van der Waals surface area (Å²) >= 11 is 7.08. The molecule has 0 aliphatic heterocycles. The van der Waals surface area contributed by atoms with Crippen LogP contribution in [0.25, 0.3) is 0 Å². The molecule has 4 aromatic rings. The lowest BCUT2D eigenvalue weighted by atomic mass is 10.1. The molecule has 0 aliphatic rings. The van der Waals surface area contributed by atoms with Crippen LogP contribution in [0.15, 0.2) is 66.7 Å². The topological polar surface area (TPSA) is 68.2 Å². The summed E-state index contributed by atoms with van der Waals surface area (Å²) in [6.07, 6.45) is 0.724. The van der Waals surface area contributed by atoms with Gasteiger partial charge in [-0.3, -0.25) is 4.68 Å². The maximum atomic E-state index is 12.4. The van der Waals surface area contributed by atoms with Crippen molar-refractivity contribution in [3.05, 3.63) is 99.7 Å². The van der Waals surface area contributed by atoms with E-state index in [0.717, 1.165) is 28.4 Å². The van der Waals surface area contributed by atoms with Gasteiger partial charge in [0.15, 0.2) is 5.11 Å². The van der Waals surface area contributed by atoms with Crippen molar-refractivity contribution in [3.63, 3.8) is 0 Å². The van der Waals surface area contributed by atoms with Crippen LogP contribution in [-0.4, -0.2) is 28.0 Å². The number of hydrogen-bond donors (Lipinski definition) is 2. The lowest BCUT2D eigenvalue weighted by molar-refractivity contribution is 0.0602. The Morgan fingerprint density at radius 1 is 1.03 bits per heavy atom. The largest absolute Gasteiger partial charge is 0.465 e. The molecule has 6 nitrogen and oxygen atoms in total. The molecule has 0 unspecified atom stereocenters. The number of benzene rings is 2. The van der Waals surface area contributed by atoms with Crippen LogP contribution in [0.5, 0.6) is 0 Å². The fourth-order valence-corrected chi connectivity index (χ4v) is 5.07. The Bertz CT molecular complexity index is 1300. The van der Waals surface area contributed by atoms with E-state index >= 15 is 0 Å². The molecule has 174 valence electrons. The van der Waals surface area contributed by atoms with E-state index in [-0.39, 0.29) is 0 Å². The van der Waals surface area contributed by atoms with Gasteiger partial charge < -0.3 is 15.4 Å². The summed E-state index contributed by atoms with van der Waals surface area (Å²) in [6.45, 7) is 4.63. The Morgan fingerprint density at radius 3 is 2.32 bits per heavy atom. The summed E-state index contributed by atoms with van der Waals surface area (Å²) in [5.41, 5.74) is 5.50. The lowest BCUT2D eigenvalue weighted by Crippen LogP contribution is -2.20. The highest BCUT2D eigenvalue weighted by molar-refractivity contribution is 7.80. The van der Waals surface area contributed by atoms with Gasteiger partial charge in [0.1, 0.15) is 5.00 Å². The van der Waals surface area contributed by atoms with E-state index in [1.54, 1.807) is 0 Å². The highest BCUT2D eigenvalue weighted by Crippen LogP contribution is 2.31. The second-order valence-corrected chi connectivity index (χ2v) is 9.42. The standard InChI is InChI=1S/C26H26N4O2S2/c1-17-23(18(2)30(29-17)16-20-12-8-5-9-13-20)27-26(33)28-24-22(25(31)32-3)15-21(34-24)14-19-10-6-4-7-11-19/h4-13,15H,14,16H2,1-3H3,(H2,27,28,33). The van der Waals surface area contributed by atoms with Crippen LogP contribution in [0.3, 0.4) is 0 Å². The van der Waals surface area contributed by atoms with Crippen LogP contribution in [0.4, 0.5) is 10.7 Å². The van der Waals surface area contributed by atoms with Gasteiger partial charge in [0.25, 0.3) is 0 Å². The van der Waals surface area contributed by atoms with Gasteiger partial charge in [0.05, 0.1) is 36.3 Å². The van der Waals surface area contributed by atoms with Crippen molar-refractivity contribution in [3.8, 4) is 0 Å². The predicted molar refractivity (Wildman–Crippen MR) is 142 cm³/mol. The molecule has 8 heteroatoms. The number of rotatable bonds is 7. The fraction of sp³-hybridized carbons (Fsp3) is 0.192. The number of aromatic nitrogens is 2. The number of hydrogen-bond acceptors (Lipinski definition) is 5. The number of carbonyl (C=O) groups excluding carboxylic acids is 1. The van der Waals surface area contributed by atoms with Crippen LogP contribution in [0, 0.1) is 13.8 Å². The first-order valence-corrected chi connectivity index (χ1v) is 12.1. The van der Waals surface area contributed by atoms with Gasteiger partial charge in [-0.15, -0.1) is 11.3 Å². The molecule has 2 heterocycles. The van der Waals surface area contributed by atoms with Crippen molar-refractivity contribution in [2.24, 2.45) is 0 Å². The normalized spacial score (nSPS) is 10.7. The van der Waals surface area contributed by atoms with Crippen molar-refractivity contribution < 1.29 is 9.53 Å². The molecule has 0 saturated carbocycles. The first kappa shape index (κ1) is 23.7. The molecular weight excluding hydrogens is 464 g/mol. The molecule has 0 fully saturated rings. The molecule has 0 spiro atoms. The van der Waals surface area contributed by atoms with Gasteiger partial charge in [-0.1, -0.05) is 60.7 Å². The minimum atomic E-state index is -0.399. The Labute approximate surface area is 208 Å². The second-order valence-electron chi connectivity index (χ2n) is 7.88. The van der Waals surface area contributed by atoms with E-state index in [2.05, 4.69) is 40.0 Å². The van der Waals surface area contributed by atoms with Gasteiger partial charge in [0.2, 0.25) is 0 Å². The summed E-state index contributed by atoms with van der Waals surface area (Å²) < 4.78 is 6.95. The zero-order chi connectivity index (χ0) is 24.1. The maximum Gasteiger partial charge on any atom is 0.340 e. The van der Waals surface area contributed by atoms with Crippen molar-refractivity contribution in [1.29, 1.82) is 0 Å². The zero-order valence-corrected chi connectivity index (χ0v) is 20.9. The van der Waals surface area contributed by atoms with E-state index in [9.17, 15) is 4.79 Å². The number of thiophene rings is 1. The highest BCUT2D eigenvalue weighted by Gasteiger charge is 2.19. The summed E-state index contributed by atoms with van der Waals surface area (Å²) in [5.74, 6) is -0.399. The molecule has 0 saturated heterocycles. The molecule has 34 heavy (non-hydrogen) atoms. The van der Waals surface area contributed by atoms with Crippen molar-refractivity contribution in [1.82, 2.24) is 9.78 Å². The smallest absolute Gasteiger partial charge is 0.340 e. The summed E-state index contributed by atoms with van der Waals surface area (Å²) in [7, 11) is 1.38. The number of ether oxygens (including phenoxy) is 1. The fourth-order valence-electron chi connectivity index (χ4n) is 3.72. The van der Waals surface area contributed by atoms with E-state index in [0.29, 0.717) is 22.2 Å². The van der Waals surface area contributed by atoms with Gasteiger partial charge in [-0.25, -0.2) is 4.79 Å². The SMILES string of the molecule is COC(=O)c1cc(Cc2ccccc2)sc1NC(=S)Nc1c(C)nn(Cc2ccccc2)c1C. The van der Waals surface area contributed by atoms with Crippen LogP contribution in [-0.2, 0) is 17.7 Å². The predicted octanol–water partition coefficient (Wildman–Crippen LogP) is 5.80. The van der Waals surface area contributed by atoms with Crippen molar-refractivity contribution in [2.45, 2.75) is 26.8 Å². The van der Waals surface area contributed by atoms with Gasteiger partial charge >= 0.3 is 5.97 Å². The highest BCUT2D eigenvalue weighted by atomic mass is 32.1. The number of thiocarbonyl (C=S) groups is 1. The van der Waals surface area contributed by atoms with Crippen LogP contribution in [0.2, 0.25) is 0 Å². The van der Waals surface area contributed by atoms with Crippen LogP contribution < -0.4 is 10.6 Å². The molecule has 0 bridgehead atoms. The first-order chi connectivity index (χ1) is 16.4. The molecule has 0 radical (unpaired) electrons. The molecule has 2 aromatic heterocycles. The quantitative estimate of drug-likeness (QED) is 0.252. The van der Waals surface area contributed by atoms with E-state index in [1.165, 1.54) is 29.6 Å². The molecule has 0 atom stereocenters. The van der Waals surface area contributed by atoms with Gasteiger partial charge in [-0.2, -0.15) is 5.10 Å². The number of aryl methyl sites for hydroxylation is 1. The number of methoxy groups -OCH3 is 1. The summed E-state index contributed by atoms with van der Waals surface area (Å²) in [6, 6.07) is 22.2. The second kappa shape index (κ2) is 10.6. The van der Waals surface area contributed by atoms with Gasteiger partial charge in [0, 0.05) is 11.3 Å². The molecule has 2 aromatic carbocycles. The summed E-state index contributed by atoms with van der Waals surface area (Å²) in [4.78, 5) is 13.4. The number of nitrogens with one attached hydrogen (secondary N) is 2. The van der Waals surface area contributed by atoms with Crippen molar-refractivity contribution in [2.75, 3.05) is 17.7 Å².